The maximum Gasteiger partial charge on any atom is 0.105 e. The summed E-state index contributed by atoms with van der Waals surface area (Å²) in [5.41, 5.74) is 1.32. The molecule has 1 aromatic rings. The third-order valence-corrected chi connectivity index (χ3v) is 7.11. The summed E-state index contributed by atoms with van der Waals surface area (Å²) in [5.74, 6) is 0. The van der Waals surface area contributed by atoms with Gasteiger partial charge in [-0.3, -0.25) is 0 Å². The van der Waals surface area contributed by atoms with Gasteiger partial charge in [0.25, 0.3) is 0 Å². The topological polar surface area (TPSA) is 6.48 Å². The van der Waals surface area contributed by atoms with E-state index in [0.717, 1.165) is 6.54 Å². The number of anilines is 1. The second kappa shape index (κ2) is 18.0. The van der Waals surface area contributed by atoms with E-state index in [1.54, 1.807) is 0 Å². The fourth-order valence-corrected chi connectivity index (χ4v) is 5.05. The van der Waals surface area contributed by atoms with Crippen LogP contribution in [0.4, 0.5) is 5.69 Å². The van der Waals surface area contributed by atoms with Crippen LogP contribution in [0.3, 0.4) is 0 Å². The predicted molar refractivity (Wildman–Crippen MR) is 143 cm³/mol. The SMILES string of the molecule is CCCCCCCCCCCCCCCCCCCC1N(CC)C=CN1c1ccccc1. The molecule has 182 valence electrons. The van der Waals surface area contributed by atoms with Crippen molar-refractivity contribution in [2.75, 3.05) is 11.4 Å². The molecule has 1 aliphatic rings. The van der Waals surface area contributed by atoms with Gasteiger partial charge >= 0.3 is 0 Å². The molecule has 2 rings (SSSR count). The maximum absolute atomic E-state index is 2.49. The Morgan fingerprint density at radius 2 is 1.03 bits per heavy atom. The summed E-state index contributed by atoms with van der Waals surface area (Å²) in [6.45, 7) is 5.65. The first-order valence-electron chi connectivity index (χ1n) is 14.1. The molecule has 0 saturated heterocycles. The van der Waals surface area contributed by atoms with Crippen molar-refractivity contribution in [3.8, 4) is 0 Å². The lowest BCUT2D eigenvalue weighted by molar-refractivity contribution is 0.291. The lowest BCUT2D eigenvalue weighted by atomic mass is 10.0. The first kappa shape index (κ1) is 26.8. The second-order valence-corrected chi connectivity index (χ2v) is 9.80. The number of benzene rings is 1. The molecule has 1 aromatic carbocycles. The lowest BCUT2D eigenvalue weighted by Gasteiger charge is -2.32. The van der Waals surface area contributed by atoms with E-state index in [0.29, 0.717) is 6.17 Å². The zero-order valence-corrected chi connectivity index (χ0v) is 21.4. The van der Waals surface area contributed by atoms with Gasteiger partial charge in [0.15, 0.2) is 0 Å². The highest BCUT2D eigenvalue weighted by Crippen LogP contribution is 2.27. The van der Waals surface area contributed by atoms with Crippen molar-refractivity contribution in [1.82, 2.24) is 4.90 Å². The van der Waals surface area contributed by atoms with Gasteiger partial charge in [-0.25, -0.2) is 0 Å². The molecular formula is C30H52N2. The molecule has 1 atom stereocenters. The van der Waals surface area contributed by atoms with E-state index >= 15 is 0 Å². The molecule has 0 amide bonds. The third-order valence-electron chi connectivity index (χ3n) is 7.11. The van der Waals surface area contributed by atoms with E-state index in [2.05, 4.69) is 66.4 Å². The minimum atomic E-state index is 0.499. The Morgan fingerprint density at radius 3 is 1.50 bits per heavy atom. The molecular weight excluding hydrogens is 388 g/mol. The molecule has 0 fully saturated rings. The molecule has 2 nitrogen and oxygen atoms in total. The summed E-state index contributed by atoms with van der Waals surface area (Å²) in [4.78, 5) is 4.94. The second-order valence-electron chi connectivity index (χ2n) is 9.80. The highest BCUT2D eigenvalue weighted by Gasteiger charge is 2.25. The van der Waals surface area contributed by atoms with Gasteiger partial charge in [-0.15, -0.1) is 0 Å². The Balaban J connectivity index is 1.40. The van der Waals surface area contributed by atoms with Crippen LogP contribution >= 0.6 is 0 Å². The monoisotopic (exact) mass is 440 g/mol. The van der Waals surface area contributed by atoms with Crippen molar-refractivity contribution in [2.45, 2.75) is 136 Å². The zero-order chi connectivity index (χ0) is 22.7. The minimum Gasteiger partial charge on any atom is -0.356 e. The van der Waals surface area contributed by atoms with Crippen LogP contribution in [-0.4, -0.2) is 17.6 Å². The molecule has 0 saturated carbocycles. The van der Waals surface area contributed by atoms with Gasteiger partial charge in [0.2, 0.25) is 0 Å². The third kappa shape index (κ3) is 10.9. The average Bonchev–Trinajstić information content (AvgIpc) is 3.24. The highest BCUT2D eigenvalue weighted by molar-refractivity contribution is 5.51. The Kier molecular flexibility index (Phi) is 15.1. The summed E-state index contributed by atoms with van der Waals surface area (Å²) >= 11 is 0. The van der Waals surface area contributed by atoms with Gasteiger partial charge in [0.05, 0.1) is 0 Å². The fourth-order valence-electron chi connectivity index (χ4n) is 5.05. The van der Waals surface area contributed by atoms with Crippen LogP contribution in [0.25, 0.3) is 0 Å². The first-order valence-corrected chi connectivity index (χ1v) is 14.1. The van der Waals surface area contributed by atoms with Gasteiger partial charge in [-0.05, 0) is 31.9 Å². The van der Waals surface area contributed by atoms with Crippen LogP contribution in [0.2, 0.25) is 0 Å². The molecule has 0 spiro atoms. The van der Waals surface area contributed by atoms with E-state index in [1.165, 1.54) is 121 Å². The number of unbranched alkanes of at least 4 members (excludes halogenated alkanes) is 16. The molecule has 2 heteroatoms. The standard InChI is InChI=1S/C30H52N2/c1-3-5-6-7-8-9-10-11-12-13-14-15-16-17-18-19-23-26-30-31(4-2)27-28-32(30)29-24-21-20-22-25-29/h20-22,24-25,27-28,30H,3-19,23,26H2,1-2H3. The molecule has 0 N–H and O–H groups in total. The van der Waals surface area contributed by atoms with Gasteiger partial charge in [-0.1, -0.05) is 128 Å². The van der Waals surface area contributed by atoms with Crippen molar-refractivity contribution < 1.29 is 0 Å². The van der Waals surface area contributed by atoms with E-state index in [9.17, 15) is 0 Å². The van der Waals surface area contributed by atoms with E-state index < -0.39 is 0 Å². The van der Waals surface area contributed by atoms with Crippen LogP contribution in [0.5, 0.6) is 0 Å². The molecule has 1 aliphatic heterocycles. The largest absolute Gasteiger partial charge is 0.356 e. The number of hydrogen-bond donors (Lipinski definition) is 0. The fraction of sp³-hybridized carbons (Fsp3) is 0.733. The van der Waals surface area contributed by atoms with Gasteiger partial charge in [0, 0.05) is 24.6 Å². The first-order chi connectivity index (χ1) is 15.9. The molecule has 0 radical (unpaired) electrons. The minimum absolute atomic E-state index is 0.499. The van der Waals surface area contributed by atoms with Gasteiger partial charge in [0.1, 0.15) is 6.17 Å². The van der Waals surface area contributed by atoms with Crippen molar-refractivity contribution >= 4 is 5.69 Å². The number of hydrogen-bond acceptors (Lipinski definition) is 2. The van der Waals surface area contributed by atoms with E-state index in [4.69, 9.17) is 0 Å². The Hall–Kier alpha value is -1.44. The maximum atomic E-state index is 2.49. The summed E-state index contributed by atoms with van der Waals surface area (Å²) in [5, 5.41) is 0. The smallest absolute Gasteiger partial charge is 0.105 e. The Morgan fingerprint density at radius 1 is 0.562 bits per heavy atom. The normalized spacial score (nSPS) is 15.8. The quantitative estimate of drug-likeness (QED) is 0.186. The molecule has 0 aromatic heterocycles. The summed E-state index contributed by atoms with van der Waals surface area (Å²) in [7, 11) is 0. The molecule has 1 heterocycles. The number of para-hydroxylation sites is 1. The molecule has 0 aliphatic carbocycles. The summed E-state index contributed by atoms with van der Waals surface area (Å²) in [6.07, 6.45) is 30.7. The van der Waals surface area contributed by atoms with Gasteiger partial charge < -0.3 is 9.80 Å². The summed E-state index contributed by atoms with van der Waals surface area (Å²) < 4.78 is 0. The van der Waals surface area contributed by atoms with Crippen LogP contribution in [0, 0.1) is 0 Å². The van der Waals surface area contributed by atoms with Crippen LogP contribution in [-0.2, 0) is 0 Å². The van der Waals surface area contributed by atoms with Crippen molar-refractivity contribution in [2.24, 2.45) is 0 Å². The van der Waals surface area contributed by atoms with Crippen molar-refractivity contribution in [3.05, 3.63) is 42.7 Å². The molecule has 0 bridgehead atoms. The molecule has 32 heavy (non-hydrogen) atoms. The van der Waals surface area contributed by atoms with Crippen molar-refractivity contribution in [3.63, 3.8) is 0 Å². The Bertz CT molecular complexity index is 567. The zero-order valence-electron chi connectivity index (χ0n) is 21.4. The molecule has 1 unspecified atom stereocenters. The van der Waals surface area contributed by atoms with Crippen LogP contribution < -0.4 is 4.90 Å². The average molecular weight is 441 g/mol. The van der Waals surface area contributed by atoms with E-state index in [-0.39, 0.29) is 0 Å². The summed E-state index contributed by atoms with van der Waals surface area (Å²) in [6, 6.07) is 10.8. The van der Waals surface area contributed by atoms with Crippen LogP contribution in [0.15, 0.2) is 42.7 Å². The lowest BCUT2D eigenvalue weighted by Crippen LogP contribution is -2.38. The van der Waals surface area contributed by atoms with Crippen molar-refractivity contribution in [1.29, 1.82) is 0 Å². The number of nitrogens with zero attached hydrogens (tertiary/aromatic N) is 2. The van der Waals surface area contributed by atoms with E-state index in [1.807, 2.05) is 0 Å². The Labute approximate surface area is 200 Å². The van der Waals surface area contributed by atoms with Crippen LogP contribution in [0.1, 0.15) is 129 Å². The predicted octanol–water partition coefficient (Wildman–Crippen LogP) is 9.67. The highest BCUT2D eigenvalue weighted by atomic mass is 15.4. The van der Waals surface area contributed by atoms with Gasteiger partial charge in [-0.2, -0.15) is 0 Å². The number of rotatable bonds is 20.